The number of hydrogen-bond acceptors (Lipinski definition) is 6. The maximum atomic E-state index is 15.0. The largest absolute Gasteiger partial charge is 0.350 e. The molecule has 4 fully saturated rings. The van der Waals surface area contributed by atoms with Crippen molar-refractivity contribution in [2.75, 3.05) is 9.80 Å². The Morgan fingerprint density at radius 3 is 2.70 bits per heavy atom. The van der Waals surface area contributed by atoms with E-state index < -0.39 is 29.2 Å². The molecule has 9 nitrogen and oxygen atoms in total. The second-order valence-corrected chi connectivity index (χ2v) is 12.4. The fourth-order valence-corrected chi connectivity index (χ4v) is 8.41. The number of quaternary nitrogens is 1. The maximum absolute atomic E-state index is 15.0. The minimum Gasteiger partial charge on any atom is -0.285 e. The van der Waals surface area contributed by atoms with Crippen LogP contribution in [0.25, 0.3) is 0 Å². The fourth-order valence-electron chi connectivity index (χ4n) is 8.41. The standard InChI is InChI=1S/C32H26F3N6O3/c33-20-13-21(17-37-16-20)40(29(43)23-4-5-26(42)39(23)25-12-18(15-36)8-11-38-25)32-14-19-2-1-3-24-28(27(19)32)41(24,30(32)44)22-6-9-31(34,35)10-7-22/h1-3,8,11-13,16-17,22-23,28H,4-7,9-10,14H2/q+1/t23-,28?,32?,41?/m0/s1. The summed E-state index contributed by atoms with van der Waals surface area (Å²) in [6, 6.07) is 4.25. The van der Waals surface area contributed by atoms with Gasteiger partial charge in [0.25, 0.3) is 5.91 Å². The number of nitriles is 1. The van der Waals surface area contributed by atoms with E-state index in [1.54, 1.807) is 0 Å². The summed E-state index contributed by atoms with van der Waals surface area (Å²) < 4.78 is 43.1. The van der Waals surface area contributed by atoms with Gasteiger partial charge in [0.05, 0.1) is 29.7 Å². The summed E-state index contributed by atoms with van der Waals surface area (Å²) in [5.74, 6) is -4.61. The van der Waals surface area contributed by atoms with Crippen molar-refractivity contribution in [2.24, 2.45) is 0 Å². The first-order valence-electron chi connectivity index (χ1n) is 14.7. The van der Waals surface area contributed by atoms with E-state index in [1.165, 1.54) is 34.3 Å². The second-order valence-electron chi connectivity index (χ2n) is 12.4. The third kappa shape index (κ3) is 3.36. The van der Waals surface area contributed by atoms with Gasteiger partial charge in [-0.2, -0.15) is 5.26 Å². The lowest BCUT2D eigenvalue weighted by molar-refractivity contribution is -0.740. The maximum Gasteiger partial charge on any atom is 0.350 e. The topological polar surface area (TPSA) is 107 Å². The lowest BCUT2D eigenvalue weighted by Crippen LogP contribution is -2.67. The molecular weight excluding hydrogens is 573 g/mol. The number of allylic oxidation sites excluding steroid dienone is 3. The normalized spacial score (nSPS) is 31.2. The van der Waals surface area contributed by atoms with Crippen LogP contribution in [0, 0.1) is 17.1 Å². The summed E-state index contributed by atoms with van der Waals surface area (Å²) >= 11 is 0. The number of carbonyl (C=O) groups is 3. The first-order chi connectivity index (χ1) is 21.1. The van der Waals surface area contributed by atoms with Crippen LogP contribution in [-0.2, 0) is 14.4 Å². The Balaban J connectivity index is 1.26. The lowest BCUT2D eigenvalue weighted by atomic mass is 9.68. The number of amides is 3. The van der Waals surface area contributed by atoms with Gasteiger partial charge < -0.3 is 0 Å². The zero-order valence-electron chi connectivity index (χ0n) is 23.4. The molecule has 3 unspecified atom stereocenters. The van der Waals surface area contributed by atoms with Crippen molar-refractivity contribution in [3.63, 3.8) is 0 Å². The first kappa shape index (κ1) is 27.0. The molecular formula is C32H26F3N6O3+. The SMILES string of the molecule is N#Cc1ccnc(N2C(=O)CC[C@H]2C(=O)N(c2cncc(F)c2)C23CC4=C2C2C(=CC=C4)[N+]2(C2CCC(F)(F)CC2)C3=O)c1. The van der Waals surface area contributed by atoms with Crippen molar-refractivity contribution < 1.29 is 32.0 Å². The van der Waals surface area contributed by atoms with Gasteiger partial charge in [0.15, 0.2) is 11.2 Å². The number of fused-ring (bicyclic) bond motifs is 1. The van der Waals surface area contributed by atoms with Crippen LogP contribution in [0.4, 0.5) is 24.7 Å². The van der Waals surface area contributed by atoms with Crippen LogP contribution in [0.15, 0.2) is 71.9 Å². The number of halogens is 3. The van der Waals surface area contributed by atoms with Gasteiger partial charge in [-0.1, -0.05) is 12.2 Å². The molecule has 5 heterocycles. The highest BCUT2D eigenvalue weighted by Crippen LogP contribution is 2.71. The summed E-state index contributed by atoms with van der Waals surface area (Å²) in [6.45, 7) is 0. The Bertz CT molecular complexity index is 1820. The number of anilines is 2. The number of alkyl halides is 2. The predicted molar refractivity (Wildman–Crippen MR) is 149 cm³/mol. The van der Waals surface area contributed by atoms with Gasteiger partial charge in [-0.25, -0.2) is 27.4 Å². The number of pyridine rings is 2. The van der Waals surface area contributed by atoms with E-state index in [9.17, 15) is 28.0 Å². The highest BCUT2D eigenvalue weighted by molar-refractivity contribution is 6.14. The molecule has 0 N–H and O–H groups in total. The molecule has 6 aliphatic rings. The van der Waals surface area contributed by atoms with Gasteiger partial charge in [0.1, 0.15) is 23.7 Å². The number of hydrogen-bond donors (Lipinski definition) is 0. The molecule has 3 amide bonds. The molecule has 3 saturated heterocycles. The lowest BCUT2D eigenvalue weighted by Gasteiger charge is -2.47. The first-order valence-corrected chi connectivity index (χ1v) is 14.7. The van der Waals surface area contributed by atoms with E-state index in [2.05, 4.69) is 9.97 Å². The van der Waals surface area contributed by atoms with Crippen LogP contribution >= 0.6 is 0 Å². The number of nitrogens with zero attached hydrogens (tertiary/aromatic N) is 6. The summed E-state index contributed by atoms with van der Waals surface area (Å²) in [6.07, 6.45) is 9.39. The third-order valence-corrected chi connectivity index (χ3v) is 10.2. The van der Waals surface area contributed by atoms with Crippen molar-refractivity contribution in [2.45, 2.75) is 74.5 Å². The van der Waals surface area contributed by atoms with E-state index in [0.29, 0.717) is 0 Å². The van der Waals surface area contributed by atoms with Crippen LogP contribution < -0.4 is 9.80 Å². The van der Waals surface area contributed by atoms with Gasteiger partial charge >= 0.3 is 5.91 Å². The molecule has 0 bridgehead atoms. The molecule has 8 rings (SSSR count). The van der Waals surface area contributed by atoms with Crippen molar-refractivity contribution in [1.29, 1.82) is 5.26 Å². The van der Waals surface area contributed by atoms with Gasteiger partial charge in [-0.05, 0) is 24.1 Å². The summed E-state index contributed by atoms with van der Waals surface area (Å²) in [7, 11) is 0. The number of carbonyl (C=O) groups excluding carboxylic acids is 3. The zero-order chi connectivity index (χ0) is 30.6. The highest BCUT2D eigenvalue weighted by Gasteiger charge is 2.88. The molecule has 3 aliphatic carbocycles. The van der Waals surface area contributed by atoms with Crippen LogP contribution in [-0.4, -0.2) is 61.8 Å². The number of rotatable bonds is 5. The van der Waals surface area contributed by atoms with Crippen LogP contribution in [0.1, 0.15) is 50.5 Å². The minimum absolute atomic E-state index is 0.0353. The molecule has 0 aromatic carbocycles. The zero-order valence-corrected chi connectivity index (χ0v) is 23.4. The quantitative estimate of drug-likeness (QED) is 0.376. The van der Waals surface area contributed by atoms with Gasteiger partial charge in [0.2, 0.25) is 17.9 Å². The molecule has 3 aliphatic heterocycles. The Labute approximate surface area is 250 Å². The Kier molecular flexibility index (Phi) is 5.48. The van der Waals surface area contributed by atoms with Crippen molar-refractivity contribution >= 4 is 29.2 Å². The van der Waals surface area contributed by atoms with E-state index in [0.717, 1.165) is 29.1 Å². The fraction of sp³-hybridized carbons (Fsp3) is 0.375. The third-order valence-electron chi connectivity index (χ3n) is 10.2. The van der Waals surface area contributed by atoms with Gasteiger partial charge in [0, 0.05) is 62.4 Å². The van der Waals surface area contributed by atoms with E-state index in [-0.39, 0.29) is 90.4 Å². The van der Waals surface area contributed by atoms with E-state index in [1.807, 2.05) is 24.3 Å². The smallest absolute Gasteiger partial charge is 0.285 e. The van der Waals surface area contributed by atoms with Gasteiger partial charge in [-0.15, -0.1) is 0 Å². The molecule has 2 aromatic heterocycles. The van der Waals surface area contributed by atoms with Crippen LogP contribution in [0.3, 0.4) is 0 Å². The summed E-state index contributed by atoms with van der Waals surface area (Å²) in [5, 5.41) is 9.42. The average molecular weight is 600 g/mol. The molecule has 4 atom stereocenters. The molecule has 12 heteroatoms. The monoisotopic (exact) mass is 599 g/mol. The molecule has 0 spiro atoms. The average Bonchev–Trinajstić information content (AvgIpc) is 3.41. The van der Waals surface area contributed by atoms with Crippen LogP contribution in [0.5, 0.6) is 0 Å². The highest BCUT2D eigenvalue weighted by atomic mass is 19.3. The van der Waals surface area contributed by atoms with Crippen molar-refractivity contribution in [1.82, 2.24) is 9.97 Å². The van der Waals surface area contributed by atoms with E-state index >= 15 is 4.79 Å². The summed E-state index contributed by atoms with van der Waals surface area (Å²) in [4.78, 5) is 53.8. The molecule has 44 heavy (non-hydrogen) atoms. The van der Waals surface area contributed by atoms with Gasteiger partial charge in [-0.3, -0.25) is 24.4 Å². The Morgan fingerprint density at radius 1 is 1.16 bits per heavy atom. The predicted octanol–water partition coefficient (Wildman–Crippen LogP) is 4.23. The van der Waals surface area contributed by atoms with Crippen molar-refractivity contribution in [3.8, 4) is 6.07 Å². The van der Waals surface area contributed by atoms with Crippen molar-refractivity contribution in [3.05, 3.63) is 83.2 Å². The number of piperidine rings is 1. The molecule has 222 valence electrons. The molecule has 2 aromatic rings. The van der Waals surface area contributed by atoms with Crippen LogP contribution in [0.2, 0.25) is 0 Å². The minimum atomic E-state index is -2.78. The second kappa shape index (κ2) is 8.95. The molecule has 1 saturated carbocycles. The summed E-state index contributed by atoms with van der Waals surface area (Å²) in [5.41, 5.74) is 1.30. The Hall–Kier alpha value is -4.63. The molecule has 0 radical (unpaired) electrons. The number of aromatic nitrogens is 2. The Morgan fingerprint density at radius 2 is 1.95 bits per heavy atom. The van der Waals surface area contributed by atoms with E-state index in [4.69, 9.17) is 0 Å².